The normalized spacial score (nSPS) is 12.8. The Morgan fingerprint density at radius 3 is 2.68 bits per heavy atom. The zero-order valence-electron chi connectivity index (χ0n) is 11.0. The van der Waals surface area contributed by atoms with Crippen molar-refractivity contribution < 1.29 is 8.78 Å². The summed E-state index contributed by atoms with van der Waals surface area (Å²) in [6.07, 6.45) is 3.18. The van der Waals surface area contributed by atoms with Crippen LogP contribution in [-0.2, 0) is 5.92 Å². The average Bonchev–Trinajstić information content (AvgIpc) is 2.37. The van der Waals surface area contributed by atoms with Crippen LogP contribution < -0.4 is 5.32 Å². The first kappa shape index (κ1) is 13.4. The van der Waals surface area contributed by atoms with Crippen molar-refractivity contribution in [2.45, 2.75) is 26.7 Å². The van der Waals surface area contributed by atoms with Gasteiger partial charge in [0.1, 0.15) is 12.1 Å². The molecule has 1 aromatic heterocycles. The highest BCUT2D eigenvalue weighted by molar-refractivity contribution is 5.91. The van der Waals surface area contributed by atoms with Crippen molar-refractivity contribution in [3.05, 3.63) is 41.9 Å². The minimum Gasteiger partial charge on any atom is -0.344 e. The Hall–Kier alpha value is -2.04. The molecule has 0 saturated heterocycles. The Kier molecular flexibility index (Phi) is 3.46. The summed E-state index contributed by atoms with van der Waals surface area (Å²) < 4.78 is 27.1. The van der Waals surface area contributed by atoms with Gasteiger partial charge in [-0.15, -0.1) is 0 Å². The van der Waals surface area contributed by atoms with E-state index in [1.54, 1.807) is 12.1 Å². The first-order valence-electron chi connectivity index (χ1n) is 5.95. The number of hydrogen-bond acceptors (Lipinski definition) is 3. The van der Waals surface area contributed by atoms with E-state index in [1.165, 1.54) is 12.4 Å². The highest BCUT2D eigenvalue weighted by Crippen LogP contribution is 2.33. The van der Waals surface area contributed by atoms with E-state index in [9.17, 15) is 8.78 Å². The number of hydrogen-bond donors (Lipinski definition) is 1. The van der Waals surface area contributed by atoms with Gasteiger partial charge >= 0.3 is 0 Å². The SMILES string of the molecule is C/C=C(\C)Nc1ncnc2c(C(C)(F)F)cccc12. The third kappa shape index (κ3) is 2.70. The molecule has 0 unspecified atom stereocenters. The molecule has 0 radical (unpaired) electrons. The van der Waals surface area contributed by atoms with Crippen molar-refractivity contribution in [1.82, 2.24) is 9.97 Å². The van der Waals surface area contributed by atoms with E-state index in [2.05, 4.69) is 15.3 Å². The number of nitrogens with zero attached hydrogens (tertiary/aromatic N) is 2. The third-order valence-electron chi connectivity index (χ3n) is 2.89. The van der Waals surface area contributed by atoms with Gasteiger partial charge in [0.15, 0.2) is 0 Å². The first-order valence-corrected chi connectivity index (χ1v) is 5.95. The van der Waals surface area contributed by atoms with Gasteiger partial charge in [0.2, 0.25) is 0 Å². The highest BCUT2D eigenvalue weighted by atomic mass is 19.3. The number of allylic oxidation sites excluding steroid dienone is 2. The number of halogens is 2. The number of para-hydroxylation sites is 1. The zero-order chi connectivity index (χ0) is 14.0. The largest absolute Gasteiger partial charge is 0.344 e. The van der Waals surface area contributed by atoms with Crippen molar-refractivity contribution in [3.8, 4) is 0 Å². The van der Waals surface area contributed by atoms with E-state index in [0.717, 1.165) is 12.6 Å². The number of rotatable bonds is 3. The van der Waals surface area contributed by atoms with Crippen molar-refractivity contribution >= 4 is 16.7 Å². The first-order chi connectivity index (χ1) is 8.93. The van der Waals surface area contributed by atoms with Gasteiger partial charge in [0.25, 0.3) is 5.92 Å². The number of anilines is 1. The van der Waals surface area contributed by atoms with Crippen LogP contribution in [0.5, 0.6) is 0 Å². The molecule has 1 heterocycles. The van der Waals surface area contributed by atoms with Crippen molar-refractivity contribution in [3.63, 3.8) is 0 Å². The van der Waals surface area contributed by atoms with Crippen LogP contribution in [0.2, 0.25) is 0 Å². The Balaban J connectivity index is 2.64. The average molecular weight is 263 g/mol. The maximum Gasteiger partial charge on any atom is 0.272 e. The van der Waals surface area contributed by atoms with Gasteiger partial charge in [0.05, 0.1) is 5.52 Å². The Labute approximate surface area is 110 Å². The molecule has 0 bridgehead atoms. The summed E-state index contributed by atoms with van der Waals surface area (Å²) in [4.78, 5) is 8.10. The van der Waals surface area contributed by atoms with Crippen molar-refractivity contribution in [1.29, 1.82) is 0 Å². The molecule has 0 spiro atoms. The summed E-state index contributed by atoms with van der Waals surface area (Å²) >= 11 is 0. The Morgan fingerprint density at radius 1 is 1.32 bits per heavy atom. The molecule has 0 aliphatic carbocycles. The van der Waals surface area contributed by atoms with Crippen LogP contribution in [0.3, 0.4) is 0 Å². The fraction of sp³-hybridized carbons (Fsp3) is 0.286. The quantitative estimate of drug-likeness (QED) is 0.906. The molecular weight excluding hydrogens is 248 g/mol. The van der Waals surface area contributed by atoms with Gasteiger partial charge in [-0.05, 0) is 19.9 Å². The van der Waals surface area contributed by atoms with Crippen LogP contribution in [-0.4, -0.2) is 9.97 Å². The van der Waals surface area contributed by atoms with E-state index in [4.69, 9.17) is 0 Å². The molecule has 1 N–H and O–H groups in total. The van der Waals surface area contributed by atoms with Crippen molar-refractivity contribution in [2.75, 3.05) is 5.32 Å². The fourth-order valence-corrected chi connectivity index (χ4v) is 1.80. The number of benzene rings is 1. The second kappa shape index (κ2) is 4.91. The van der Waals surface area contributed by atoms with Crippen LogP contribution in [0.25, 0.3) is 10.9 Å². The molecule has 100 valence electrons. The van der Waals surface area contributed by atoms with E-state index in [0.29, 0.717) is 11.2 Å². The molecule has 0 fully saturated rings. The monoisotopic (exact) mass is 263 g/mol. The summed E-state index contributed by atoms with van der Waals surface area (Å²) in [6.45, 7) is 4.64. The van der Waals surface area contributed by atoms with Gasteiger partial charge < -0.3 is 5.32 Å². The molecule has 0 amide bonds. The second-order valence-electron chi connectivity index (χ2n) is 4.41. The summed E-state index contributed by atoms with van der Waals surface area (Å²) in [5, 5.41) is 3.66. The highest BCUT2D eigenvalue weighted by Gasteiger charge is 2.27. The van der Waals surface area contributed by atoms with E-state index < -0.39 is 5.92 Å². The summed E-state index contributed by atoms with van der Waals surface area (Å²) in [5.74, 6) is -2.40. The molecule has 1 aromatic carbocycles. The maximum atomic E-state index is 13.6. The molecule has 19 heavy (non-hydrogen) atoms. The van der Waals surface area contributed by atoms with Crippen molar-refractivity contribution in [2.24, 2.45) is 0 Å². The fourth-order valence-electron chi connectivity index (χ4n) is 1.80. The second-order valence-corrected chi connectivity index (χ2v) is 4.41. The van der Waals surface area contributed by atoms with Gasteiger partial charge in [0, 0.05) is 23.6 Å². The molecule has 2 aromatic rings. The number of nitrogens with one attached hydrogen (secondary N) is 1. The van der Waals surface area contributed by atoms with Crippen LogP contribution in [0, 0.1) is 0 Å². The van der Waals surface area contributed by atoms with Crippen LogP contribution >= 0.6 is 0 Å². The molecule has 0 saturated carbocycles. The standard InChI is InChI=1S/C14H15F2N3/c1-4-9(2)19-13-10-6-5-7-11(14(3,15)16)12(10)17-8-18-13/h4-8H,1-3H3,(H,17,18,19)/b9-4+. The Bertz CT molecular complexity index is 630. The van der Waals surface area contributed by atoms with E-state index >= 15 is 0 Å². The van der Waals surface area contributed by atoms with Gasteiger partial charge in [-0.3, -0.25) is 0 Å². The zero-order valence-corrected chi connectivity index (χ0v) is 11.0. The summed E-state index contributed by atoms with van der Waals surface area (Å²) in [7, 11) is 0. The predicted octanol–water partition coefficient (Wildman–Crippen LogP) is 4.08. The minimum atomic E-state index is -2.93. The lowest BCUT2D eigenvalue weighted by Gasteiger charge is -2.14. The number of aromatic nitrogens is 2. The maximum absolute atomic E-state index is 13.6. The predicted molar refractivity (Wildman–Crippen MR) is 72.2 cm³/mol. The lowest BCUT2D eigenvalue weighted by Crippen LogP contribution is -2.09. The molecule has 0 aliphatic heterocycles. The van der Waals surface area contributed by atoms with Gasteiger partial charge in [-0.2, -0.15) is 0 Å². The lowest BCUT2D eigenvalue weighted by molar-refractivity contribution is 0.0189. The molecule has 0 atom stereocenters. The topological polar surface area (TPSA) is 37.8 Å². The van der Waals surface area contributed by atoms with Crippen LogP contribution in [0.15, 0.2) is 36.3 Å². The van der Waals surface area contributed by atoms with E-state index in [1.807, 2.05) is 19.9 Å². The van der Waals surface area contributed by atoms with Gasteiger partial charge in [-0.25, -0.2) is 18.7 Å². The molecule has 2 rings (SSSR count). The molecular formula is C14H15F2N3. The van der Waals surface area contributed by atoms with E-state index in [-0.39, 0.29) is 11.1 Å². The molecule has 3 nitrogen and oxygen atoms in total. The third-order valence-corrected chi connectivity index (χ3v) is 2.89. The van der Waals surface area contributed by atoms with Crippen LogP contribution in [0.1, 0.15) is 26.3 Å². The number of alkyl halides is 2. The number of fused-ring (bicyclic) bond motifs is 1. The Morgan fingerprint density at radius 2 is 2.05 bits per heavy atom. The summed E-state index contributed by atoms with van der Waals surface area (Å²) in [6, 6.07) is 4.71. The minimum absolute atomic E-state index is 0.0893. The van der Waals surface area contributed by atoms with Crippen LogP contribution in [0.4, 0.5) is 14.6 Å². The smallest absolute Gasteiger partial charge is 0.272 e. The summed E-state index contributed by atoms with van der Waals surface area (Å²) in [5.41, 5.74) is 1.08. The molecule has 5 heteroatoms. The molecule has 0 aliphatic rings. The lowest BCUT2D eigenvalue weighted by atomic mass is 10.1. The van der Waals surface area contributed by atoms with Gasteiger partial charge in [-0.1, -0.05) is 18.2 Å².